The molecule has 0 aromatic carbocycles. The summed E-state index contributed by atoms with van der Waals surface area (Å²) in [5.74, 6) is 0.893. The maximum Gasteiger partial charge on any atom is 0.225 e. The Hall–Kier alpha value is -2.55. The van der Waals surface area contributed by atoms with Gasteiger partial charge in [0.2, 0.25) is 5.91 Å². The van der Waals surface area contributed by atoms with Gasteiger partial charge in [-0.25, -0.2) is 0 Å². The first-order valence-electron chi connectivity index (χ1n) is 5.05. The second-order valence-electron chi connectivity index (χ2n) is 3.40. The summed E-state index contributed by atoms with van der Waals surface area (Å²) in [6, 6.07) is 5.51. The summed E-state index contributed by atoms with van der Waals surface area (Å²) in [4.78, 5) is 11.6. The molecule has 86 valence electrons. The zero-order chi connectivity index (χ0) is 12.1. The van der Waals surface area contributed by atoms with Gasteiger partial charge in [0.05, 0.1) is 12.5 Å². The van der Waals surface area contributed by atoms with E-state index in [1.54, 1.807) is 12.3 Å². The molecule has 0 spiro atoms. The smallest absolute Gasteiger partial charge is 0.225 e. The van der Waals surface area contributed by atoms with E-state index in [2.05, 4.69) is 15.5 Å². The molecular formula is C11H10N4O2. The largest absolute Gasteiger partial charge is 0.469 e. The van der Waals surface area contributed by atoms with Crippen LogP contribution >= 0.6 is 0 Å². The van der Waals surface area contributed by atoms with Crippen LogP contribution in [-0.4, -0.2) is 16.1 Å². The number of nitrogens with zero attached hydrogens (tertiary/aromatic N) is 2. The van der Waals surface area contributed by atoms with Crippen LogP contribution < -0.4 is 5.32 Å². The van der Waals surface area contributed by atoms with E-state index in [1.807, 2.05) is 12.1 Å². The fourth-order valence-corrected chi connectivity index (χ4v) is 1.36. The first kappa shape index (κ1) is 11.0. The quantitative estimate of drug-likeness (QED) is 0.830. The Balaban J connectivity index is 1.88. The Morgan fingerprint density at radius 3 is 3.24 bits per heavy atom. The third-order valence-electron chi connectivity index (χ3n) is 2.20. The van der Waals surface area contributed by atoms with Crippen molar-refractivity contribution in [2.45, 2.75) is 12.8 Å². The van der Waals surface area contributed by atoms with Crippen molar-refractivity contribution in [3.8, 4) is 6.07 Å². The summed E-state index contributed by atoms with van der Waals surface area (Å²) >= 11 is 0. The lowest BCUT2D eigenvalue weighted by Crippen LogP contribution is -2.13. The molecule has 0 saturated carbocycles. The highest BCUT2D eigenvalue weighted by Gasteiger charge is 2.09. The standard InChI is InChI=1S/C11H10N4O2/c12-6-8-7-13-15-11(8)14-10(16)4-3-9-2-1-5-17-9/h1-2,5,7H,3-4H2,(H2,13,14,15,16). The first-order chi connectivity index (χ1) is 8.29. The summed E-state index contributed by atoms with van der Waals surface area (Å²) in [5, 5.41) is 17.5. The number of hydrogen-bond acceptors (Lipinski definition) is 4. The van der Waals surface area contributed by atoms with E-state index < -0.39 is 0 Å². The van der Waals surface area contributed by atoms with Gasteiger partial charge in [0.25, 0.3) is 0 Å². The molecule has 0 radical (unpaired) electrons. The van der Waals surface area contributed by atoms with Gasteiger partial charge in [0.1, 0.15) is 23.2 Å². The van der Waals surface area contributed by atoms with Crippen molar-refractivity contribution in [1.82, 2.24) is 10.2 Å². The van der Waals surface area contributed by atoms with E-state index in [-0.39, 0.29) is 12.3 Å². The van der Waals surface area contributed by atoms with E-state index in [1.165, 1.54) is 6.20 Å². The van der Waals surface area contributed by atoms with Crippen LogP contribution in [0.2, 0.25) is 0 Å². The van der Waals surface area contributed by atoms with Crippen molar-refractivity contribution in [3.63, 3.8) is 0 Å². The van der Waals surface area contributed by atoms with Crippen molar-refractivity contribution in [3.05, 3.63) is 35.9 Å². The predicted octanol–water partition coefficient (Wildman–Crippen LogP) is 1.45. The van der Waals surface area contributed by atoms with Crippen molar-refractivity contribution < 1.29 is 9.21 Å². The number of aryl methyl sites for hydroxylation is 1. The van der Waals surface area contributed by atoms with Gasteiger partial charge < -0.3 is 9.73 Å². The molecule has 0 unspecified atom stereocenters. The van der Waals surface area contributed by atoms with E-state index in [4.69, 9.17) is 9.68 Å². The first-order valence-corrected chi connectivity index (χ1v) is 5.05. The van der Waals surface area contributed by atoms with Gasteiger partial charge in [-0.1, -0.05) is 0 Å². The Bertz CT molecular complexity index is 536. The second kappa shape index (κ2) is 4.99. The van der Waals surface area contributed by atoms with Crippen LogP contribution in [0.1, 0.15) is 17.7 Å². The highest BCUT2D eigenvalue weighted by atomic mass is 16.3. The van der Waals surface area contributed by atoms with Crippen LogP contribution in [0, 0.1) is 11.3 Å². The Morgan fingerprint density at radius 1 is 1.65 bits per heavy atom. The number of aromatic nitrogens is 2. The van der Waals surface area contributed by atoms with Crippen molar-refractivity contribution in [2.75, 3.05) is 5.32 Å². The minimum Gasteiger partial charge on any atom is -0.469 e. The van der Waals surface area contributed by atoms with Gasteiger partial charge in [0.15, 0.2) is 0 Å². The van der Waals surface area contributed by atoms with Crippen LogP contribution in [0.15, 0.2) is 29.0 Å². The maximum atomic E-state index is 11.6. The molecule has 0 aliphatic carbocycles. The SMILES string of the molecule is N#Cc1cn[nH]c1NC(=O)CCc1ccco1. The summed E-state index contributed by atoms with van der Waals surface area (Å²) in [5.41, 5.74) is 0.316. The average molecular weight is 230 g/mol. The van der Waals surface area contributed by atoms with Crippen molar-refractivity contribution >= 4 is 11.7 Å². The molecule has 2 rings (SSSR count). The van der Waals surface area contributed by atoms with Crippen LogP contribution in [0.4, 0.5) is 5.82 Å². The van der Waals surface area contributed by atoms with E-state index >= 15 is 0 Å². The van der Waals surface area contributed by atoms with Crippen LogP contribution in [-0.2, 0) is 11.2 Å². The number of furan rings is 1. The number of nitriles is 1. The van der Waals surface area contributed by atoms with E-state index in [0.29, 0.717) is 17.8 Å². The Kier molecular flexibility index (Phi) is 3.21. The van der Waals surface area contributed by atoms with Gasteiger partial charge in [-0.2, -0.15) is 10.4 Å². The highest BCUT2D eigenvalue weighted by Crippen LogP contribution is 2.10. The minimum atomic E-state index is -0.192. The molecule has 0 bridgehead atoms. The molecule has 6 heteroatoms. The fourth-order valence-electron chi connectivity index (χ4n) is 1.36. The number of amides is 1. The van der Waals surface area contributed by atoms with Crippen molar-refractivity contribution in [1.29, 1.82) is 5.26 Å². The lowest BCUT2D eigenvalue weighted by molar-refractivity contribution is -0.116. The molecule has 2 heterocycles. The number of carbonyl (C=O) groups excluding carboxylic acids is 1. The van der Waals surface area contributed by atoms with Gasteiger partial charge in [-0.3, -0.25) is 9.89 Å². The Morgan fingerprint density at radius 2 is 2.53 bits per heavy atom. The van der Waals surface area contributed by atoms with Crippen LogP contribution in [0.5, 0.6) is 0 Å². The molecule has 2 aromatic heterocycles. The third-order valence-corrected chi connectivity index (χ3v) is 2.20. The Labute approximate surface area is 97.2 Å². The average Bonchev–Trinajstić information content (AvgIpc) is 2.97. The lowest BCUT2D eigenvalue weighted by atomic mass is 10.2. The summed E-state index contributed by atoms with van der Waals surface area (Å²) < 4.78 is 5.11. The number of nitrogens with one attached hydrogen (secondary N) is 2. The molecule has 2 N–H and O–H groups in total. The molecule has 0 atom stereocenters. The van der Waals surface area contributed by atoms with Crippen LogP contribution in [0.3, 0.4) is 0 Å². The molecule has 6 nitrogen and oxygen atoms in total. The molecule has 0 aliphatic rings. The second-order valence-corrected chi connectivity index (χ2v) is 3.40. The number of aromatic amines is 1. The molecule has 2 aromatic rings. The number of hydrogen-bond donors (Lipinski definition) is 2. The van der Waals surface area contributed by atoms with Gasteiger partial charge in [-0.05, 0) is 12.1 Å². The molecule has 0 fully saturated rings. The topological polar surface area (TPSA) is 94.7 Å². The summed E-state index contributed by atoms with van der Waals surface area (Å²) in [6.07, 6.45) is 3.74. The number of rotatable bonds is 4. The zero-order valence-electron chi connectivity index (χ0n) is 8.93. The maximum absolute atomic E-state index is 11.6. The molecule has 0 aliphatic heterocycles. The van der Waals surface area contributed by atoms with E-state index in [9.17, 15) is 4.79 Å². The highest BCUT2D eigenvalue weighted by molar-refractivity contribution is 5.90. The van der Waals surface area contributed by atoms with Gasteiger partial charge in [0, 0.05) is 12.8 Å². The molecular weight excluding hydrogens is 220 g/mol. The zero-order valence-corrected chi connectivity index (χ0v) is 8.93. The normalized spacial score (nSPS) is 9.82. The van der Waals surface area contributed by atoms with Gasteiger partial charge >= 0.3 is 0 Å². The van der Waals surface area contributed by atoms with Crippen LogP contribution in [0.25, 0.3) is 0 Å². The predicted molar refractivity (Wildman–Crippen MR) is 59.0 cm³/mol. The number of anilines is 1. The molecule has 1 amide bonds. The monoisotopic (exact) mass is 230 g/mol. The van der Waals surface area contributed by atoms with E-state index in [0.717, 1.165) is 5.76 Å². The van der Waals surface area contributed by atoms with Gasteiger partial charge in [-0.15, -0.1) is 0 Å². The number of carbonyl (C=O) groups is 1. The minimum absolute atomic E-state index is 0.192. The number of H-pyrrole nitrogens is 1. The lowest BCUT2D eigenvalue weighted by Gasteiger charge is -2.01. The van der Waals surface area contributed by atoms with Crippen molar-refractivity contribution in [2.24, 2.45) is 0 Å². The molecule has 17 heavy (non-hydrogen) atoms. The summed E-state index contributed by atoms with van der Waals surface area (Å²) in [6.45, 7) is 0. The third kappa shape index (κ3) is 2.72. The summed E-state index contributed by atoms with van der Waals surface area (Å²) in [7, 11) is 0. The fraction of sp³-hybridized carbons (Fsp3) is 0.182. The molecule has 0 saturated heterocycles.